The highest BCUT2D eigenvalue weighted by molar-refractivity contribution is 7.18. The van der Waals surface area contributed by atoms with Crippen molar-refractivity contribution < 1.29 is 9.59 Å². The SMILES string of the molecule is Cc1nc(NC(=O)c2cccs2)sc1C(=O)Nc1ccccc1Cl. The largest absolute Gasteiger partial charge is 0.320 e. The summed E-state index contributed by atoms with van der Waals surface area (Å²) in [6.45, 7) is 1.72. The van der Waals surface area contributed by atoms with Gasteiger partial charge in [-0.05, 0) is 30.5 Å². The molecule has 2 aromatic heterocycles. The summed E-state index contributed by atoms with van der Waals surface area (Å²) in [5.74, 6) is -0.550. The average molecular weight is 378 g/mol. The van der Waals surface area contributed by atoms with Gasteiger partial charge in [-0.25, -0.2) is 4.98 Å². The van der Waals surface area contributed by atoms with Gasteiger partial charge in [-0.3, -0.25) is 14.9 Å². The number of hydrogen-bond donors (Lipinski definition) is 2. The number of nitrogens with zero attached hydrogens (tertiary/aromatic N) is 1. The first-order valence-electron chi connectivity index (χ1n) is 6.93. The van der Waals surface area contributed by atoms with Crippen LogP contribution in [0.5, 0.6) is 0 Å². The maximum atomic E-state index is 12.4. The highest BCUT2D eigenvalue weighted by atomic mass is 35.5. The second-order valence-electron chi connectivity index (χ2n) is 4.80. The molecular weight excluding hydrogens is 366 g/mol. The van der Waals surface area contributed by atoms with Crippen molar-refractivity contribution in [3.05, 3.63) is 62.2 Å². The lowest BCUT2D eigenvalue weighted by Crippen LogP contribution is -2.11. The molecule has 0 aliphatic rings. The molecule has 122 valence electrons. The Kier molecular flexibility index (Phi) is 4.94. The first kappa shape index (κ1) is 16.6. The molecule has 0 aliphatic carbocycles. The van der Waals surface area contributed by atoms with Crippen LogP contribution >= 0.6 is 34.3 Å². The van der Waals surface area contributed by atoms with E-state index in [9.17, 15) is 9.59 Å². The molecule has 2 N–H and O–H groups in total. The standard InChI is InChI=1S/C16H12ClN3O2S2/c1-9-13(15(22)19-11-6-3-2-5-10(11)17)24-16(18-9)20-14(21)12-7-4-8-23-12/h2-8H,1H3,(H,19,22)(H,18,20,21). The zero-order chi connectivity index (χ0) is 17.1. The van der Waals surface area contributed by atoms with Crippen LogP contribution in [0.3, 0.4) is 0 Å². The van der Waals surface area contributed by atoms with Crippen molar-refractivity contribution in [2.45, 2.75) is 6.92 Å². The van der Waals surface area contributed by atoms with Gasteiger partial charge >= 0.3 is 0 Å². The molecule has 0 saturated carbocycles. The van der Waals surface area contributed by atoms with Gasteiger partial charge in [0.1, 0.15) is 4.88 Å². The van der Waals surface area contributed by atoms with Gasteiger partial charge in [-0.1, -0.05) is 41.1 Å². The van der Waals surface area contributed by atoms with E-state index in [0.717, 1.165) is 11.3 Å². The van der Waals surface area contributed by atoms with Crippen LogP contribution in [0.2, 0.25) is 5.02 Å². The fourth-order valence-electron chi connectivity index (χ4n) is 1.97. The maximum absolute atomic E-state index is 12.4. The van der Waals surface area contributed by atoms with E-state index in [-0.39, 0.29) is 11.8 Å². The molecule has 0 spiro atoms. The fourth-order valence-corrected chi connectivity index (χ4v) is 3.63. The third-order valence-corrected chi connectivity index (χ3v) is 5.36. The molecule has 24 heavy (non-hydrogen) atoms. The number of amides is 2. The van der Waals surface area contributed by atoms with Gasteiger partial charge < -0.3 is 5.32 Å². The second-order valence-corrected chi connectivity index (χ2v) is 7.15. The van der Waals surface area contributed by atoms with Crippen molar-refractivity contribution >= 4 is 56.9 Å². The Morgan fingerprint density at radius 3 is 2.58 bits per heavy atom. The quantitative estimate of drug-likeness (QED) is 0.693. The first-order valence-corrected chi connectivity index (χ1v) is 9.00. The summed E-state index contributed by atoms with van der Waals surface area (Å²) in [5.41, 5.74) is 1.08. The second kappa shape index (κ2) is 7.12. The van der Waals surface area contributed by atoms with Crippen LogP contribution in [-0.2, 0) is 0 Å². The third-order valence-electron chi connectivity index (χ3n) is 3.09. The van der Waals surface area contributed by atoms with Crippen LogP contribution in [0.15, 0.2) is 41.8 Å². The minimum atomic E-state index is -0.310. The Balaban J connectivity index is 1.75. The van der Waals surface area contributed by atoms with Crippen LogP contribution in [0.4, 0.5) is 10.8 Å². The van der Waals surface area contributed by atoms with Crippen LogP contribution < -0.4 is 10.6 Å². The van der Waals surface area contributed by atoms with Crippen LogP contribution in [0, 0.1) is 6.92 Å². The molecule has 0 atom stereocenters. The Bertz CT molecular complexity index is 891. The lowest BCUT2D eigenvalue weighted by Gasteiger charge is -2.05. The molecule has 8 heteroatoms. The Morgan fingerprint density at radius 1 is 1.08 bits per heavy atom. The summed E-state index contributed by atoms with van der Waals surface area (Å²) >= 11 is 8.51. The highest BCUT2D eigenvalue weighted by Crippen LogP contribution is 2.26. The van der Waals surface area contributed by atoms with E-state index in [1.165, 1.54) is 11.3 Å². The number of hydrogen-bond acceptors (Lipinski definition) is 5. The van der Waals surface area contributed by atoms with Crippen molar-refractivity contribution in [1.29, 1.82) is 0 Å². The third kappa shape index (κ3) is 3.64. The van der Waals surface area contributed by atoms with Gasteiger partial charge in [0.05, 0.1) is 21.3 Å². The Morgan fingerprint density at radius 2 is 1.88 bits per heavy atom. The van der Waals surface area contributed by atoms with Gasteiger partial charge in [-0.15, -0.1) is 11.3 Å². The van der Waals surface area contributed by atoms with Crippen molar-refractivity contribution in [3.63, 3.8) is 0 Å². The van der Waals surface area contributed by atoms with Crippen molar-refractivity contribution in [3.8, 4) is 0 Å². The molecule has 3 aromatic rings. The molecule has 0 radical (unpaired) electrons. The number of aryl methyl sites for hydroxylation is 1. The van der Waals surface area contributed by atoms with Gasteiger partial charge in [0.15, 0.2) is 5.13 Å². The minimum Gasteiger partial charge on any atom is -0.320 e. The number of nitrogens with one attached hydrogen (secondary N) is 2. The number of para-hydroxylation sites is 1. The zero-order valence-corrected chi connectivity index (χ0v) is 14.9. The van der Waals surface area contributed by atoms with Crippen LogP contribution in [0.25, 0.3) is 0 Å². The number of aromatic nitrogens is 1. The van der Waals surface area contributed by atoms with E-state index in [1.54, 1.807) is 43.3 Å². The highest BCUT2D eigenvalue weighted by Gasteiger charge is 2.18. The summed E-state index contributed by atoms with van der Waals surface area (Å²) < 4.78 is 0. The average Bonchev–Trinajstić information content (AvgIpc) is 3.19. The molecule has 2 heterocycles. The molecule has 0 aliphatic heterocycles. The maximum Gasteiger partial charge on any atom is 0.267 e. The minimum absolute atomic E-state index is 0.239. The summed E-state index contributed by atoms with van der Waals surface area (Å²) in [4.78, 5) is 29.7. The summed E-state index contributed by atoms with van der Waals surface area (Å²) in [6, 6.07) is 10.5. The normalized spacial score (nSPS) is 10.4. The first-order chi connectivity index (χ1) is 11.5. The molecule has 5 nitrogen and oxygen atoms in total. The molecular formula is C16H12ClN3O2S2. The monoisotopic (exact) mass is 377 g/mol. The number of anilines is 2. The van der Waals surface area contributed by atoms with Gasteiger partial charge in [0.2, 0.25) is 0 Å². The number of thiophene rings is 1. The fraction of sp³-hybridized carbons (Fsp3) is 0.0625. The molecule has 0 saturated heterocycles. The van der Waals surface area contributed by atoms with E-state index >= 15 is 0 Å². The number of benzene rings is 1. The number of halogens is 1. The van der Waals surface area contributed by atoms with Crippen molar-refractivity contribution in [2.75, 3.05) is 10.6 Å². The van der Waals surface area contributed by atoms with Gasteiger partial charge in [-0.2, -0.15) is 0 Å². The van der Waals surface area contributed by atoms with E-state index in [2.05, 4.69) is 15.6 Å². The zero-order valence-electron chi connectivity index (χ0n) is 12.5. The van der Waals surface area contributed by atoms with E-state index in [0.29, 0.717) is 31.3 Å². The molecule has 0 fully saturated rings. The Labute approximate surface area is 151 Å². The van der Waals surface area contributed by atoms with Gasteiger partial charge in [0.25, 0.3) is 11.8 Å². The van der Waals surface area contributed by atoms with E-state index in [1.807, 2.05) is 5.38 Å². The summed E-state index contributed by atoms with van der Waals surface area (Å²) in [5, 5.41) is 8.12. The number of carbonyl (C=O) groups excluding carboxylic acids is 2. The molecule has 0 bridgehead atoms. The predicted octanol–water partition coefficient (Wildman–Crippen LogP) is 4.67. The number of rotatable bonds is 4. The van der Waals surface area contributed by atoms with Gasteiger partial charge in [0, 0.05) is 0 Å². The number of carbonyl (C=O) groups is 2. The Hall–Kier alpha value is -2.22. The molecule has 1 aromatic carbocycles. The van der Waals surface area contributed by atoms with Crippen LogP contribution in [-0.4, -0.2) is 16.8 Å². The van der Waals surface area contributed by atoms with Crippen LogP contribution in [0.1, 0.15) is 25.0 Å². The summed E-state index contributed by atoms with van der Waals surface area (Å²) in [6.07, 6.45) is 0. The lowest BCUT2D eigenvalue weighted by atomic mass is 10.3. The lowest BCUT2D eigenvalue weighted by molar-refractivity contribution is 0.102. The molecule has 3 rings (SSSR count). The number of thiazole rings is 1. The van der Waals surface area contributed by atoms with E-state index in [4.69, 9.17) is 11.6 Å². The molecule has 2 amide bonds. The van der Waals surface area contributed by atoms with E-state index < -0.39 is 0 Å². The van der Waals surface area contributed by atoms with Crippen molar-refractivity contribution in [2.24, 2.45) is 0 Å². The predicted molar refractivity (Wildman–Crippen MR) is 98.5 cm³/mol. The molecule has 0 unspecified atom stereocenters. The summed E-state index contributed by atoms with van der Waals surface area (Å²) in [7, 11) is 0. The topological polar surface area (TPSA) is 71.1 Å². The smallest absolute Gasteiger partial charge is 0.267 e. The van der Waals surface area contributed by atoms with Crippen molar-refractivity contribution in [1.82, 2.24) is 4.98 Å².